The van der Waals surface area contributed by atoms with Crippen molar-refractivity contribution in [2.45, 2.75) is 205 Å². The van der Waals surface area contributed by atoms with Crippen molar-refractivity contribution in [3.05, 3.63) is 36.5 Å². The molecule has 0 saturated carbocycles. The number of rotatable bonds is 41. The van der Waals surface area contributed by atoms with E-state index in [0.717, 1.165) is 83.5 Å². The van der Waals surface area contributed by atoms with E-state index < -0.39 is 69.9 Å². The zero-order chi connectivity index (χ0) is 43.1. The second-order valence-corrected chi connectivity index (χ2v) is 16.6. The molecule has 13 nitrogen and oxygen atoms in total. The molecular formula is C44H80NO12P. The van der Waals surface area contributed by atoms with Gasteiger partial charge in [-0.15, -0.1) is 0 Å². The van der Waals surface area contributed by atoms with Crippen molar-refractivity contribution in [1.29, 1.82) is 0 Å². The second kappa shape index (κ2) is 38.8. The topological polar surface area (TPSA) is 212 Å². The number of aliphatic hydroxyl groups is 2. The molecule has 0 fully saturated rings. The molecule has 0 aromatic heterocycles. The highest BCUT2D eigenvalue weighted by Crippen LogP contribution is 2.43. The van der Waals surface area contributed by atoms with E-state index in [1.165, 1.54) is 44.9 Å². The first kappa shape index (κ1) is 55.6. The van der Waals surface area contributed by atoms with Gasteiger partial charge in [-0.2, -0.15) is 0 Å². The molecule has 0 aliphatic carbocycles. The average molecular weight is 846 g/mol. The smallest absolute Gasteiger partial charge is 0.472 e. The van der Waals surface area contributed by atoms with Crippen LogP contribution in [0.2, 0.25) is 0 Å². The number of aliphatic carboxylic acids is 1. The summed E-state index contributed by atoms with van der Waals surface area (Å²) in [6.07, 6.45) is 33.7. The third-order valence-corrected chi connectivity index (χ3v) is 10.5. The fourth-order valence-corrected chi connectivity index (χ4v) is 6.66. The zero-order valence-corrected chi connectivity index (χ0v) is 36.8. The van der Waals surface area contributed by atoms with Gasteiger partial charge in [-0.25, -0.2) is 4.57 Å². The van der Waals surface area contributed by atoms with Crippen LogP contribution in [0, 0.1) is 0 Å². The van der Waals surface area contributed by atoms with Crippen molar-refractivity contribution in [2.24, 2.45) is 5.73 Å². The molecule has 0 aromatic rings. The Morgan fingerprint density at radius 3 is 1.66 bits per heavy atom. The van der Waals surface area contributed by atoms with E-state index in [0.29, 0.717) is 25.7 Å². The van der Waals surface area contributed by atoms with Gasteiger partial charge in [0.25, 0.3) is 0 Å². The lowest BCUT2D eigenvalue weighted by Crippen LogP contribution is -2.34. The lowest BCUT2D eigenvalue weighted by Gasteiger charge is -2.20. The van der Waals surface area contributed by atoms with Crippen LogP contribution < -0.4 is 5.73 Å². The van der Waals surface area contributed by atoms with Crippen LogP contribution in [0.15, 0.2) is 36.5 Å². The van der Waals surface area contributed by atoms with E-state index in [9.17, 15) is 34.1 Å². The maximum absolute atomic E-state index is 12.6. The lowest BCUT2D eigenvalue weighted by molar-refractivity contribution is -0.161. The SMILES string of the molecule is CCCCC/C=C\C/C=C\CCCCCCCCCC(=O)OC[C@H](COP(=O)(O)OC[C@H](N)C(=O)O)OC(=O)CCCCCCC[C@H](O)[C@@H](O)C/C=C\CCCCC. The highest BCUT2D eigenvalue weighted by Gasteiger charge is 2.28. The van der Waals surface area contributed by atoms with Gasteiger partial charge in [0.2, 0.25) is 0 Å². The van der Waals surface area contributed by atoms with Crippen molar-refractivity contribution in [2.75, 3.05) is 19.8 Å². The van der Waals surface area contributed by atoms with Gasteiger partial charge in [0, 0.05) is 12.8 Å². The molecule has 0 aromatic carbocycles. The van der Waals surface area contributed by atoms with Gasteiger partial charge in [0.15, 0.2) is 6.10 Å². The number of esters is 2. The summed E-state index contributed by atoms with van der Waals surface area (Å²) in [5.41, 5.74) is 5.32. The lowest BCUT2D eigenvalue weighted by atomic mass is 10.0. The monoisotopic (exact) mass is 846 g/mol. The Kier molecular flexibility index (Phi) is 37.2. The van der Waals surface area contributed by atoms with Gasteiger partial charge in [0.05, 0.1) is 25.4 Å². The molecule has 0 aliphatic rings. The molecule has 6 N–H and O–H groups in total. The fourth-order valence-electron chi connectivity index (χ4n) is 5.88. The standard InChI is InChI=1S/C44H80NO12P/c1-3-5-7-9-11-12-13-14-15-16-17-18-19-20-21-25-29-33-42(48)54-35-38(36-55-58(52,53)56-37-39(45)44(50)51)57-43(49)34-30-26-22-24-28-32-41(47)40(46)31-27-23-10-8-6-4-2/h11-12,14-15,23,27,38-41,46-47H,3-10,13,16-22,24-26,28-37,45H2,1-2H3,(H,50,51)(H,52,53)/b12-11-,15-14-,27-23-/t38-,39+,40+,41+/m1/s1. The Balaban J connectivity index is 4.48. The first-order valence-electron chi connectivity index (χ1n) is 22.2. The Hall–Kier alpha value is -2.38. The van der Waals surface area contributed by atoms with Crippen molar-refractivity contribution in [3.63, 3.8) is 0 Å². The summed E-state index contributed by atoms with van der Waals surface area (Å²) in [6.45, 7) is 2.55. The molecule has 338 valence electrons. The van der Waals surface area contributed by atoms with Gasteiger partial charge in [-0.05, 0) is 70.6 Å². The quantitative estimate of drug-likeness (QED) is 0.0168. The van der Waals surface area contributed by atoms with Crippen LogP contribution in [0.1, 0.15) is 181 Å². The van der Waals surface area contributed by atoms with Crippen LogP contribution in [0.25, 0.3) is 0 Å². The molecule has 5 atom stereocenters. The number of phosphoric acid groups is 1. The van der Waals surface area contributed by atoms with Gasteiger partial charge in [-0.3, -0.25) is 23.4 Å². The maximum Gasteiger partial charge on any atom is 0.472 e. The Morgan fingerprint density at radius 1 is 0.603 bits per heavy atom. The Morgan fingerprint density at radius 2 is 1.09 bits per heavy atom. The summed E-state index contributed by atoms with van der Waals surface area (Å²) in [5, 5.41) is 29.3. The summed E-state index contributed by atoms with van der Waals surface area (Å²) in [7, 11) is -4.76. The highest BCUT2D eigenvalue weighted by molar-refractivity contribution is 7.47. The van der Waals surface area contributed by atoms with Crippen molar-refractivity contribution in [1.82, 2.24) is 0 Å². The molecule has 14 heteroatoms. The summed E-state index contributed by atoms with van der Waals surface area (Å²) >= 11 is 0. The number of hydrogen-bond donors (Lipinski definition) is 5. The molecule has 0 saturated heterocycles. The number of hydrogen-bond acceptors (Lipinski definition) is 11. The van der Waals surface area contributed by atoms with Gasteiger partial charge in [-0.1, -0.05) is 134 Å². The van der Waals surface area contributed by atoms with E-state index >= 15 is 0 Å². The van der Waals surface area contributed by atoms with Gasteiger partial charge in [0.1, 0.15) is 12.6 Å². The third-order valence-electron chi connectivity index (χ3n) is 9.56. The van der Waals surface area contributed by atoms with Crippen molar-refractivity contribution < 1.29 is 57.7 Å². The number of allylic oxidation sites excluding steroid dienone is 5. The molecule has 0 spiro atoms. The summed E-state index contributed by atoms with van der Waals surface area (Å²) in [6, 6.07) is -1.55. The van der Waals surface area contributed by atoms with Crippen LogP contribution in [0.3, 0.4) is 0 Å². The van der Waals surface area contributed by atoms with Crippen LogP contribution in [0.4, 0.5) is 0 Å². The number of ether oxygens (including phenoxy) is 2. The largest absolute Gasteiger partial charge is 0.480 e. The number of carboxylic acids is 1. The van der Waals surface area contributed by atoms with E-state index in [1.54, 1.807) is 0 Å². The van der Waals surface area contributed by atoms with E-state index in [4.69, 9.17) is 24.8 Å². The molecule has 0 radical (unpaired) electrons. The average Bonchev–Trinajstić information content (AvgIpc) is 3.19. The third kappa shape index (κ3) is 36.7. The number of unbranched alkanes of at least 4 members (excludes halogenated alkanes) is 17. The number of phosphoric ester groups is 1. The fraction of sp³-hybridized carbons (Fsp3) is 0.795. The zero-order valence-electron chi connectivity index (χ0n) is 35.9. The summed E-state index contributed by atoms with van der Waals surface area (Å²) < 4.78 is 32.6. The number of carboxylic acid groups (broad SMARTS) is 1. The van der Waals surface area contributed by atoms with Crippen LogP contribution in [0.5, 0.6) is 0 Å². The minimum absolute atomic E-state index is 0.0602. The summed E-state index contributed by atoms with van der Waals surface area (Å²) in [5.74, 6) is -2.52. The highest BCUT2D eigenvalue weighted by atomic mass is 31.2. The number of carbonyl (C=O) groups is 3. The first-order chi connectivity index (χ1) is 27.9. The van der Waals surface area contributed by atoms with Gasteiger partial charge >= 0.3 is 25.7 Å². The predicted octanol–water partition coefficient (Wildman–Crippen LogP) is 9.56. The Bertz CT molecular complexity index is 1160. The minimum atomic E-state index is -4.76. The van der Waals surface area contributed by atoms with Crippen molar-refractivity contribution >= 4 is 25.7 Å². The molecule has 0 aliphatic heterocycles. The maximum atomic E-state index is 12.6. The predicted molar refractivity (Wildman–Crippen MR) is 229 cm³/mol. The minimum Gasteiger partial charge on any atom is -0.480 e. The van der Waals surface area contributed by atoms with E-state index in [-0.39, 0.29) is 12.8 Å². The van der Waals surface area contributed by atoms with Crippen LogP contribution in [-0.4, -0.2) is 82.3 Å². The molecule has 0 bridgehead atoms. The molecule has 0 amide bonds. The van der Waals surface area contributed by atoms with E-state index in [2.05, 4.69) is 48.8 Å². The van der Waals surface area contributed by atoms with E-state index in [1.807, 2.05) is 6.08 Å². The molecule has 58 heavy (non-hydrogen) atoms. The molecule has 0 heterocycles. The van der Waals surface area contributed by atoms with Crippen molar-refractivity contribution in [3.8, 4) is 0 Å². The summed E-state index contributed by atoms with van der Waals surface area (Å²) in [4.78, 5) is 46.0. The number of nitrogens with two attached hydrogens (primary N) is 1. The van der Waals surface area contributed by atoms with Crippen LogP contribution >= 0.6 is 7.82 Å². The molecule has 0 rings (SSSR count). The normalized spacial score (nSPS) is 15.1. The number of aliphatic hydroxyl groups excluding tert-OH is 2. The van der Waals surface area contributed by atoms with Gasteiger partial charge < -0.3 is 35.4 Å². The number of carbonyl (C=O) groups excluding carboxylic acids is 2. The second-order valence-electron chi connectivity index (χ2n) is 15.1. The van der Waals surface area contributed by atoms with Crippen LogP contribution in [-0.2, 0) is 37.5 Å². The molecular weight excluding hydrogens is 765 g/mol. The molecule has 1 unspecified atom stereocenters. The Labute approximate surface area is 349 Å². The first-order valence-corrected chi connectivity index (χ1v) is 23.7.